The van der Waals surface area contributed by atoms with Crippen LogP contribution < -0.4 is 4.90 Å². The fraction of sp³-hybridized carbons (Fsp3) is 0. The molecule has 0 unspecified atom stereocenters. The summed E-state index contributed by atoms with van der Waals surface area (Å²) in [5.74, 6) is 0.875. The lowest BCUT2D eigenvalue weighted by Crippen LogP contribution is -2.09. The molecule has 48 heavy (non-hydrogen) atoms. The molecule has 0 saturated carbocycles. The number of hydrogen-bond donors (Lipinski definition) is 0. The van der Waals surface area contributed by atoms with Crippen LogP contribution >= 0.6 is 0 Å². The van der Waals surface area contributed by atoms with Gasteiger partial charge >= 0.3 is 0 Å². The molecule has 0 aliphatic heterocycles. The molecular formula is C46H31NO. The highest BCUT2D eigenvalue weighted by atomic mass is 16.3. The molecule has 0 aliphatic carbocycles. The molecule has 2 heteroatoms. The lowest BCUT2D eigenvalue weighted by molar-refractivity contribution is 0.632. The van der Waals surface area contributed by atoms with Gasteiger partial charge < -0.3 is 9.32 Å². The number of nitrogens with zero attached hydrogens (tertiary/aromatic N) is 1. The number of benzene rings is 8. The summed E-state index contributed by atoms with van der Waals surface area (Å²) in [5.41, 5.74) is 9.96. The molecule has 0 saturated heterocycles. The number of para-hydroxylation sites is 1. The monoisotopic (exact) mass is 613 g/mol. The maximum Gasteiger partial charge on any atom is 0.136 e. The van der Waals surface area contributed by atoms with Crippen molar-refractivity contribution in [3.8, 4) is 33.6 Å². The van der Waals surface area contributed by atoms with Gasteiger partial charge in [-0.25, -0.2) is 0 Å². The first kappa shape index (κ1) is 27.9. The lowest BCUT2D eigenvalue weighted by Gasteiger charge is -2.26. The molecule has 9 aromatic rings. The standard InChI is InChI=1S/C46H31NO/c1-2-10-32(11-3-1)33-20-24-38(25-21-33)47(40-28-29-43-36(30-40)19-18-34-12-4-6-14-41(34)43)39-26-22-35(23-27-39)42-15-7-8-16-44(42)46-31-37-13-5-9-17-45(37)48-46/h1-31H. The fourth-order valence-corrected chi connectivity index (χ4v) is 6.87. The van der Waals surface area contributed by atoms with Crippen LogP contribution in [0, 0.1) is 0 Å². The molecule has 0 amide bonds. The van der Waals surface area contributed by atoms with Crippen molar-refractivity contribution in [2.75, 3.05) is 4.90 Å². The second-order valence-corrected chi connectivity index (χ2v) is 12.2. The Morgan fingerprint density at radius 3 is 1.67 bits per heavy atom. The van der Waals surface area contributed by atoms with Crippen LogP contribution in [0.5, 0.6) is 0 Å². The minimum absolute atomic E-state index is 0.875. The van der Waals surface area contributed by atoms with Gasteiger partial charge in [0.25, 0.3) is 0 Å². The Hall–Kier alpha value is -6.38. The Balaban J connectivity index is 1.14. The molecule has 0 radical (unpaired) electrons. The van der Waals surface area contributed by atoms with E-state index in [1.807, 2.05) is 18.2 Å². The van der Waals surface area contributed by atoms with Crippen LogP contribution in [0.1, 0.15) is 0 Å². The molecule has 8 aromatic carbocycles. The van der Waals surface area contributed by atoms with Crippen molar-refractivity contribution >= 4 is 49.6 Å². The molecule has 0 spiro atoms. The van der Waals surface area contributed by atoms with Gasteiger partial charge in [-0.15, -0.1) is 0 Å². The van der Waals surface area contributed by atoms with Crippen LogP contribution in [0.2, 0.25) is 0 Å². The summed E-state index contributed by atoms with van der Waals surface area (Å²) in [6.07, 6.45) is 0. The molecule has 226 valence electrons. The van der Waals surface area contributed by atoms with Crippen LogP contribution in [0.3, 0.4) is 0 Å². The Bertz CT molecular complexity index is 2510. The van der Waals surface area contributed by atoms with Crippen LogP contribution in [-0.4, -0.2) is 0 Å². The van der Waals surface area contributed by atoms with Crippen LogP contribution in [0.15, 0.2) is 192 Å². The zero-order valence-corrected chi connectivity index (χ0v) is 26.3. The molecule has 0 fully saturated rings. The smallest absolute Gasteiger partial charge is 0.136 e. The maximum absolute atomic E-state index is 6.29. The molecule has 1 aromatic heterocycles. The van der Waals surface area contributed by atoms with E-state index in [4.69, 9.17) is 4.42 Å². The van der Waals surface area contributed by atoms with E-state index in [1.54, 1.807) is 0 Å². The average Bonchev–Trinajstić information content (AvgIpc) is 3.60. The number of hydrogen-bond acceptors (Lipinski definition) is 2. The highest BCUT2D eigenvalue weighted by Gasteiger charge is 2.16. The minimum atomic E-state index is 0.875. The largest absolute Gasteiger partial charge is 0.456 e. The quantitative estimate of drug-likeness (QED) is 0.174. The Kier molecular flexibility index (Phi) is 6.84. The highest BCUT2D eigenvalue weighted by Crippen LogP contribution is 2.40. The minimum Gasteiger partial charge on any atom is -0.456 e. The third kappa shape index (κ3) is 5.01. The van der Waals surface area contributed by atoms with Crippen LogP contribution in [-0.2, 0) is 0 Å². The van der Waals surface area contributed by atoms with E-state index >= 15 is 0 Å². The van der Waals surface area contributed by atoms with Gasteiger partial charge in [0.05, 0.1) is 0 Å². The van der Waals surface area contributed by atoms with Crippen molar-refractivity contribution in [1.82, 2.24) is 0 Å². The van der Waals surface area contributed by atoms with Crippen molar-refractivity contribution in [3.63, 3.8) is 0 Å². The molecule has 9 rings (SSSR count). The summed E-state index contributed by atoms with van der Waals surface area (Å²) in [7, 11) is 0. The molecular weight excluding hydrogens is 583 g/mol. The van der Waals surface area contributed by atoms with Gasteiger partial charge in [0.15, 0.2) is 0 Å². The molecule has 1 heterocycles. The molecule has 0 aliphatic rings. The molecule has 0 atom stereocenters. The van der Waals surface area contributed by atoms with Crippen molar-refractivity contribution < 1.29 is 4.42 Å². The van der Waals surface area contributed by atoms with E-state index in [-0.39, 0.29) is 0 Å². The summed E-state index contributed by atoms with van der Waals surface area (Å²) in [6.45, 7) is 0. The summed E-state index contributed by atoms with van der Waals surface area (Å²) in [5, 5.41) is 6.11. The van der Waals surface area contributed by atoms with Crippen LogP contribution in [0.4, 0.5) is 17.1 Å². The van der Waals surface area contributed by atoms with Gasteiger partial charge in [-0.2, -0.15) is 0 Å². The van der Waals surface area contributed by atoms with E-state index in [0.717, 1.165) is 50.5 Å². The first-order valence-corrected chi connectivity index (χ1v) is 16.3. The lowest BCUT2D eigenvalue weighted by atomic mass is 9.97. The first-order chi connectivity index (χ1) is 23.8. The first-order valence-electron chi connectivity index (χ1n) is 16.3. The van der Waals surface area contributed by atoms with Crippen molar-refractivity contribution in [1.29, 1.82) is 0 Å². The number of furan rings is 1. The Morgan fingerprint density at radius 1 is 0.333 bits per heavy atom. The highest BCUT2D eigenvalue weighted by molar-refractivity contribution is 6.08. The zero-order chi connectivity index (χ0) is 31.9. The number of rotatable bonds is 6. The second kappa shape index (κ2) is 11.8. The number of fused-ring (bicyclic) bond motifs is 4. The van der Waals surface area contributed by atoms with Crippen molar-refractivity contribution in [2.24, 2.45) is 0 Å². The normalized spacial score (nSPS) is 11.3. The third-order valence-electron chi connectivity index (χ3n) is 9.27. The second-order valence-electron chi connectivity index (χ2n) is 12.2. The van der Waals surface area contributed by atoms with Gasteiger partial charge in [-0.05, 0) is 92.3 Å². The van der Waals surface area contributed by atoms with Gasteiger partial charge in [-0.3, -0.25) is 0 Å². The number of anilines is 3. The molecule has 2 nitrogen and oxygen atoms in total. The average molecular weight is 614 g/mol. The summed E-state index contributed by atoms with van der Waals surface area (Å²) in [4.78, 5) is 2.35. The van der Waals surface area contributed by atoms with Gasteiger partial charge in [0.1, 0.15) is 11.3 Å². The fourth-order valence-electron chi connectivity index (χ4n) is 6.87. The SMILES string of the molecule is c1ccc(-c2ccc(N(c3ccc(-c4ccccc4-c4cc5ccccc5o4)cc3)c3ccc4c(ccc5ccccc54)c3)cc2)cc1. The van der Waals surface area contributed by atoms with E-state index in [0.29, 0.717) is 0 Å². The predicted molar refractivity (Wildman–Crippen MR) is 202 cm³/mol. The van der Waals surface area contributed by atoms with Crippen LogP contribution in [0.25, 0.3) is 66.1 Å². The zero-order valence-electron chi connectivity index (χ0n) is 26.3. The Morgan fingerprint density at radius 2 is 0.896 bits per heavy atom. The summed E-state index contributed by atoms with van der Waals surface area (Å²) >= 11 is 0. The van der Waals surface area contributed by atoms with Gasteiger partial charge in [0.2, 0.25) is 0 Å². The van der Waals surface area contributed by atoms with E-state index < -0.39 is 0 Å². The van der Waals surface area contributed by atoms with E-state index in [9.17, 15) is 0 Å². The summed E-state index contributed by atoms with van der Waals surface area (Å²) < 4.78 is 6.29. The molecule has 0 N–H and O–H groups in total. The van der Waals surface area contributed by atoms with Gasteiger partial charge in [-0.1, -0.05) is 140 Å². The Labute approximate surface area is 279 Å². The van der Waals surface area contributed by atoms with E-state index in [2.05, 4.69) is 175 Å². The van der Waals surface area contributed by atoms with Gasteiger partial charge in [0, 0.05) is 28.0 Å². The van der Waals surface area contributed by atoms with Crippen molar-refractivity contribution in [2.45, 2.75) is 0 Å². The van der Waals surface area contributed by atoms with Crippen molar-refractivity contribution in [3.05, 3.63) is 188 Å². The maximum atomic E-state index is 6.29. The topological polar surface area (TPSA) is 16.4 Å². The third-order valence-corrected chi connectivity index (χ3v) is 9.27. The van der Waals surface area contributed by atoms with E-state index in [1.165, 1.54) is 32.7 Å². The summed E-state index contributed by atoms with van der Waals surface area (Å²) in [6, 6.07) is 66.9. The predicted octanol–water partition coefficient (Wildman–Crippen LogP) is 13.2. The molecule has 0 bridgehead atoms.